The van der Waals surface area contributed by atoms with E-state index in [2.05, 4.69) is 50.2 Å². The molecule has 5 nitrogen and oxygen atoms in total. The van der Waals surface area contributed by atoms with Gasteiger partial charge in [-0.1, -0.05) is 0 Å². The van der Waals surface area contributed by atoms with E-state index in [1.165, 1.54) is 0 Å². The number of aromatic amines is 1. The molecule has 0 spiro atoms. The molecule has 92 valence electrons. The number of rotatable bonds is 4. The molecule has 0 amide bonds. The van der Waals surface area contributed by atoms with Crippen LogP contribution in [0.5, 0.6) is 0 Å². The Kier molecular flexibility index (Phi) is 3.63. The van der Waals surface area contributed by atoms with Crippen molar-refractivity contribution >= 4 is 15.9 Å². The number of nitrogens with zero attached hydrogens (tertiary/aromatic N) is 3. The smallest absolute Gasteiger partial charge is 0.129 e. The fourth-order valence-corrected chi connectivity index (χ4v) is 2.37. The molecule has 2 heterocycles. The molecule has 17 heavy (non-hydrogen) atoms. The molecule has 0 fully saturated rings. The Hall–Kier alpha value is -1.14. The third-order valence-corrected chi connectivity index (χ3v) is 3.24. The zero-order valence-electron chi connectivity index (χ0n) is 10.1. The van der Waals surface area contributed by atoms with Gasteiger partial charge in [-0.15, -0.1) is 0 Å². The Bertz CT molecular complexity index is 474. The summed E-state index contributed by atoms with van der Waals surface area (Å²) in [5.74, 6) is 0.885. The summed E-state index contributed by atoms with van der Waals surface area (Å²) in [6.07, 6.45) is 5.40. The topological polar surface area (TPSA) is 58.5 Å². The fourth-order valence-electron chi connectivity index (χ4n) is 1.87. The summed E-state index contributed by atoms with van der Waals surface area (Å²) in [5, 5.41) is 7.64. The summed E-state index contributed by atoms with van der Waals surface area (Å²) in [6, 6.07) is 0.311. The van der Waals surface area contributed by atoms with Crippen LogP contribution in [0.1, 0.15) is 37.4 Å². The molecule has 2 aromatic heterocycles. The number of nitrogens with one attached hydrogen (secondary N) is 2. The highest BCUT2D eigenvalue weighted by Gasteiger charge is 2.23. The second-order valence-corrected chi connectivity index (χ2v) is 4.97. The Balaban J connectivity index is 2.47. The molecule has 0 saturated heterocycles. The Morgan fingerprint density at radius 2 is 2.24 bits per heavy atom. The standard InChI is InChI=1S/C11H16BrN5/c1-7(2)17-10(8(12)6-16-17)9(13-3)11-14-4-5-15-11/h4-7,9,13H,1-3H3,(H,14,15). The van der Waals surface area contributed by atoms with Gasteiger partial charge in [0.2, 0.25) is 0 Å². The molecule has 0 aliphatic heterocycles. The van der Waals surface area contributed by atoms with Crippen molar-refractivity contribution in [1.82, 2.24) is 25.1 Å². The van der Waals surface area contributed by atoms with Gasteiger partial charge >= 0.3 is 0 Å². The minimum absolute atomic E-state index is 0.00396. The van der Waals surface area contributed by atoms with E-state index in [0.717, 1.165) is 16.0 Å². The van der Waals surface area contributed by atoms with Gasteiger partial charge in [-0.25, -0.2) is 4.98 Å². The van der Waals surface area contributed by atoms with Crippen LogP contribution in [-0.2, 0) is 0 Å². The lowest BCUT2D eigenvalue weighted by atomic mass is 10.2. The molecule has 1 atom stereocenters. The predicted octanol–water partition coefficient (Wildman–Crippen LogP) is 2.26. The molecule has 0 saturated carbocycles. The minimum Gasteiger partial charge on any atom is -0.347 e. The molecular formula is C11H16BrN5. The highest BCUT2D eigenvalue weighted by Crippen LogP contribution is 2.28. The van der Waals surface area contributed by atoms with Crippen LogP contribution in [0.15, 0.2) is 23.1 Å². The lowest BCUT2D eigenvalue weighted by molar-refractivity contribution is 0.477. The zero-order chi connectivity index (χ0) is 12.4. The first kappa shape index (κ1) is 12.3. The summed E-state index contributed by atoms with van der Waals surface area (Å²) in [5.41, 5.74) is 1.08. The van der Waals surface area contributed by atoms with Crippen molar-refractivity contribution in [2.75, 3.05) is 7.05 Å². The average Bonchev–Trinajstić information content (AvgIpc) is 2.91. The number of H-pyrrole nitrogens is 1. The summed E-state index contributed by atoms with van der Waals surface area (Å²) in [7, 11) is 1.91. The van der Waals surface area contributed by atoms with Crippen LogP contribution in [0.4, 0.5) is 0 Å². The van der Waals surface area contributed by atoms with Crippen LogP contribution in [-0.4, -0.2) is 26.8 Å². The molecular weight excluding hydrogens is 282 g/mol. The van der Waals surface area contributed by atoms with E-state index in [1.807, 2.05) is 24.1 Å². The van der Waals surface area contributed by atoms with Gasteiger partial charge in [0.1, 0.15) is 11.9 Å². The van der Waals surface area contributed by atoms with Crippen molar-refractivity contribution in [3.63, 3.8) is 0 Å². The van der Waals surface area contributed by atoms with E-state index in [1.54, 1.807) is 6.20 Å². The Labute approximate surface area is 109 Å². The number of hydrogen-bond donors (Lipinski definition) is 2. The second-order valence-electron chi connectivity index (χ2n) is 4.11. The van der Waals surface area contributed by atoms with Crippen LogP contribution < -0.4 is 5.32 Å². The van der Waals surface area contributed by atoms with Crippen molar-refractivity contribution in [2.24, 2.45) is 0 Å². The molecule has 2 N–H and O–H groups in total. The molecule has 0 bridgehead atoms. The molecule has 0 aliphatic rings. The van der Waals surface area contributed by atoms with Gasteiger partial charge in [-0.2, -0.15) is 5.10 Å². The highest BCUT2D eigenvalue weighted by atomic mass is 79.9. The molecule has 2 rings (SSSR count). The minimum atomic E-state index is 0.00396. The number of hydrogen-bond acceptors (Lipinski definition) is 3. The van der Waals surface area contributed by atoms with E-state index in [4.69, 9.17) is 0 Å². The van der Waals surface area contributed by atoms with E-state index < -0.39 is 0 Å². The van der Waals surface area contributed by atoms with Gasteiger partial charge in [-0.3, -0.25) is 4.68 Å². The van der Waals surface area contributed by atoms with E-state index in [-0.39, 0.29) is 6.04 Å². The van der Waals surface area contributed by atoms with E-state index in [9.17, 15) is 0 Å². The van der Waals surface area contributed by atoms with Crippen molar-refractivity contribution in [3.05, 3.63) is 34.6 Å². The molecule has 0 aliphatic carbocycles. The summed E-state index contributed by atoms with van der Waals surface area (Å²) >= 11 is 3.55. The predicted molar refractivity (Wildman–Crippen MR) is 69.8 cm³/mol. The van der Waals surface area contributed by atoms with Crippen molar-refractivity contribution in [3.8, 4) is 0 Å². The van der Waals surface area contributed by atoms with E-state index >= 15 is 0 Å². The zero-order valence-corrected chi connectivity index (χ0v) is 11.7. The maximum Gasteiger partial charge on any atom is 0.129 e. The number of imidazole rings is 1. The van der Waals surface area contributed by atoms with Crippen LogP contribution in [0.25, 0.3) is 0 Å². The van der Waals surface area contributed by atoms with Crippen LogP contribution >= 0.6 is 15.9 Å². The van der Waals surface area contributed by atoms with Crippen molar-refractivity contribution in [2.45, 2.75) is 25.9 Å². The Morgan fingerprint density at radius 1 is 1.47 bits per heavy atom. The van der Waals surface area contributed by atoms with Gasteiger partial charge in [0.15, 0.2) is 0 Å². The fraction of sp³-hybridized carbons (Fsp3) is 0.455. The molecule has 0 radical (unpaired) electrons. The van der Waals surface area contributed by atoms with Gasteiger partial charge in [0.05, 0.1) is 16.4 Å². The number of halogens is 1. The summed E-state index contributed by atoms with van der Waals surface area (Å²) < 4.78 is 2.98. The monoisotopic (exact) mass is 297 g/mol. The van der Waals surface area contributed by atoms with Crippen LogP contribution in [0.3, 0.4) is 0 Å². The maximum atomic E-state index is 4.38. The molecule has 0 aromatic carbocycles. The van der Waals surface area contributed by atoms with Gasteiger partial charge < -0.3 is 10.3 Å². The second kappa shape index (κ2) is 5.01. The van der Waals surface area contributed by atoms with Gasteiger partial charge in [0, 0.05) is 18.4 Å². The first-order valence-corrected chi connectivity index (χ1v) is 6.34. The first-order chi connectivity index (χ1) is 8.15. The average molecular weight is 298 g/mol. The van der Waals surface area contributed by atoms with Gasteiger partial charge in [-0.05, 0) is 36.8 Å². The largest absolute Gasteiger partial charge is 0.347 e. The third kappa shape index (κ3) is 2.28. The van der Waals surface area contributed by atoms with Crippen molar-refractivity contribution in [1.29, 1.82) is 0 Å². The quantitative estimate of drug-likeness (QED) is 0.910. The van der Waals surface area contributed by atoms with Gasteiger partial charge in [0.25, 0.3) is 0 Å². The normalized spacial score (nSPS) is 13.2. The first-order valence-electron chi connectivity index (χ1n) is 5.54. The molecule has 6 heteroatoms. The highest BCUT2D eigenvalue weighted by molar-refractivity contribution is 9.10. The van der Waals surface area contributed by atoms with Crippen LogP contribution in [0, 0.1) is 0 Å². The SMILES string of the molecule is CNC(c1ncc[nH]1)c1c(Br)cnn1C(C)C. The summed E-state index contributed by atoms with van der Waals surface area (Å²) in [4.78, 5) is 7.44. The van der Waals surface area contributed by atoms with E-state index in [0.29, 0.717) is 6.04 Å². The molecule has 1 unspecified atom stereocenters. The lowest BCUT2D eigenvalue weighted by Gasteiger charge is -2.18. The van der Waals surface area contributed by atoms with Crippen molar-refractivity contribution < 1.29 is 0 Å². The number of aromatic nitrogens is 4. The maximum absolute atomic E-state index is 4.38. The third-order valence-electron chi connectivity index (χ3n) is 2.63. The summed E-state index contributed by atoms with van der Waals surface area (Å²) in [6.45, 7) is 4.22. The van der Waals surface area contributed by atoms with Crippen LogP contribution in [0.2, 0.25) is 0 Å². The Morgan fingerprint density at radius 3 is 2.76 bits per heavy atom. The lowest BCUT2D eigenvalue weighted by Crippen LogP contribution is -2.23. The molecule has 2 aromatic rings.